The highest BCUT2D eigenvalue weighted by Crippen LogP contribution is 2.43. The molecule has 4 aromatic carbocycles. The maximum absolute atomic E-state index is 13.4. The number of carboxylic acids is 1. The lowest BCUT2D eigenvalue weighted by atomic mass is 9.88. The van der Waals surface area contributed by atoms with E-state index < -0.39 is 17.7 Å². The number of ether oxygens (including phenoxy) is 1. The first-order chi connectivity index (χ1) is 21.0. The van der Waals surface area contributed by atoms with E-state index in [-0.39, 0.29) is 11.6 Å². The topological polar surface area (TPSA) is 80.6 Å². The Morgan fingerprint density at radius 1 is 0.955 bits per heavy atom. The maximum Gasteiger partial charge on any atom is 0.337 e. The van der Waals surface area contributed by atoms with E-state index in [1.807, 2.05) is 45.9 Å². The molecule has 1 aromatic heterocycles. The van der Waals surface area contributed by atoms with Crippen LogP contribution in [-0.4, -0.2) is 27.8 Å². The Kier molecular flexibility index (Phi) is 7.93. The summed E-state index contributed by atoms with van der Waals surface area (Å²) in [7, 11) is 0. The second-order valence-electron chi connectivity index (χ2n) is 12.3. The molecule has 6 rings (SSSR count). The largest absolute Gasteiger partial charge is 0.479 e. The van der Waals surface area contributed by atoms with E-state index in [0.29, 0.717) is 29.2 Å². The summed E-state index contributed by atoms with van der Waals surface area (Å²) in [6, 6.07) is 29.4. The van der Waals surface area contributed by atoms with Crippen molar-refractivity contribution < 1.29 is 14.6 Å². The normalized spacial score (nSPS) is 13.6. The van der Waals surface area contributed by atoms with Crippen molar-refractivity contribution in [2.75, 3.05) is 6.54 Å². The van der Waals surface area contributed by atoms with Crippen LogP contribution in [0, 0.1) is 6.92 Å². The minimum Gasteiger partial charge on any atom is -0.479 e. The van der Waals surface area contributed by atoms with Gasteiger partial charge in [0.2, 0.25) is 0 Å². The molecular formula is C37H35ClN2O4. The predicted molar refractivity (Wildman–Crippen MR) is 176 cm³/mol. The molecule has 0 fully saturated rings. The lowest BCUT2D eigenvalue weighted by Gasteiger charge is -2.29. The van der Waals surface area contributed by atoms with E-state index in [4.69, 9.17) is 16.3 Å². The summed E-state index contributed by atoms with van der Waals surface area (Å²) in [5, 5.41) is 15.4. The number of pyridine rings is 1. The van der Waals surface area contributed by atoms with E-state index in [9.17, 15) is 14.7 Å². The lowest BCUT2D eigenvalue weighted by Crippen LogP contribution is -2.30. The van der Waals surface area contributed by atoms with Crippen LogP contribution in [-0.2, 0) is 16.1 Å². The van der Waals surface area contributed by atoms with E-state index in [0.717, 1.165) is 22.0 Å². The molecular weight excluding hydrogens is 572 g/mol. The summed E-state index contributed by atoms with van der Waals surface area (Å²) < 4.78 is 7.90. The number of aliphatic carboxylic acids is 1. The molecule has 1 atom stereocenters. The van der Waals surface area contributed by atoms with E-state index in [1.54, 1.807) is 28.8 Å². The zero-order valence-corrected chi connectivity index (χ0v) is 26.0. The van der Waals surface area contributed by atoms with Gasteiger partial charge in [-0.2, -0.15) is 0 Å². The number of hydrogen-bond acceptors (Lipinski definition) is 4. The van der Waals surface area contributed by atoms with Gasteiger partial charge in [-0.15, -0.1) is 0 Å². The minimum atomic E-state index is -1.21. The number of nitrogens with zero attached hydrogens (tertiary/aromatic N) is 1. The Balaban J connectivity index is 1.44. The fourth-order valence-electron chi connectivity index (χ4n) is 6.36. The maximum atomic E-state index is 13.4. The summed E-state index contributed by atoms with van der Waals surface area (Å²) in [5.74, 6) is -1.08. The number of carbonyl (C=O) groups is 1. The van der Waals surface area contributed by atoms with Crippen LogP contribution in [0.1, 0.15) is 55.2 Å². The molecule has 5 aromatic rings. The molecule has 0 saturated heterocycles. The number of fused-ring (bicyclic) bond motifs is 4. The van der Waals surface area contributed by atoms with Crippen molar-refractivity contribution in [2.45, 2.75) is 52.0 Å². The number of carboxylic acid groups (broad SMARTS) is 1. The van der Waals surface area contributed by atoms with Crippen molar-refractivity contribution in [1.82, 2.24) is 9.88 Å². The number of aromatic nitrogens is 1. The van der Waals surface area contributed by atoms with Crippen LogP contribution >= 0.6 is 11.6 Å². The Bertz CT molecular complexity index is 1890. The van der Waals surface area contributed by atoms with Crippen molar-refractivity contribution in [3.8, 4) is 22.3 Å². The molecule has 0 amide bonds. The van der Waals surface area contributed by atoms with Crippen LogP contribution in [0.2, 0.25) is 5.02 Å². The monoisotopic (exact) mass is 606 g/mol. The third-order valence-corrected chi connectivity index (χ3v) is 8.40. The molecule has 1 aliphatic carbocycles. The summed E-state index contributed by atoms with van der Waals surface area (Å²) in [6.45, 7) is 8.38. The summed E-state index contributed by atoms with van der Waals surface area (Å²) >= 11 is 6.24. The molecule has 2 N–H and O–H groups in total. The van der Waals surface area contributed by atoms with Gasteiger partial charge in [0.1, 0.15) is 0 Å². The van der Waals surface area contributed by atoms with Crippen molar-refractivity contribution >= 4 is 28.5 Å². The second-order valence-corrected chi connectivity index (χ2v) is 12.7. The highest BCUT2D eigenvalue weighted by atomic mass is 35.5. The standard InChI is InChI=1S/C37H35ClN2O4/c1-22-21-30-29(33(23-13-15-24(38)16-14-23)32(22)35(36(42)43)44-37(2,3)4)17-18-31(41)40(30)20-19-39-34-27-11-7-5-9-25(27)26-10-6-8-12-28(26)34/h5-18,21,34-35,39H,19-20H2,1-4H3,(H,42,43)/t35-/m0/s1. The van der Waals surface area contributed by atoms with Crippen LogP contribution in [0.25, 0.3) is 33.2 Å². The Morgan fingerprint density at radius 2 is 1.57 bits per heavy atom. The first kappa shape index (κ1) is 29.8. The van der Waals surface area contributed by atoms with Crippen LogP contribution in [0.4, 0.5) is 0 Å². The van der Waals surface area contributed by atoms with Gasteiger partial charge in [0.15, 0.2) is 6.10 Å². The molecule has 0 radical (unpaired) electrons. The number of rotatable bonds is 8. The van der Waals surface area contributed by atoms with Crippen molar-refractivity contribution in [1.29, 1.82) is 0 Å². The summed E-state index contributed by atoms with van der Waals surface area (Å²) in [6.07, 6.45) is -1.21. The fourth-order valence-corrected chi connectivity index (χ4v) is 6.49. The third-order valence-electron chi connectivity index (χ3n) is 8.15. The van der Waals surface area contributed by atoms with Gasteiger partial charge < -0.3 is 19.7 Å². The predicted octanol–water partition coefficient (Wildman–Crippen LogP) is 7.93. The minimum absolute atomic E-state index is 0.0249. The molecule has 7 heteroatoms. The van der Waals surface area contributed by atoms with Crippen molar-refractivity contribution in [3.05, 3.63) is 129 Å². The van der Waals surface area contributed by atoms with E-state index in [1.165, 1.54) is 22.3 Å². The van der Waals surface area contributed by atoms with Crippen LogP contribution < -0.4 is 10.9 Å². The Hall–Kier alpha value is -4.23. The molecule has 1 heterocycles. The summed E-state index contributed by atoms with van der Waals surface area (Å²) in [5.41, 5.74) is 7.61. The average Bonchev–Trinajstić information content (AvgIpc) is 3.30. The molecule has 1 aliphatic rings. The van der Waals surface area contributed by atoms with Crippen LogP contribution in [0.15, 0.2) is 95.8 Å². The number of aryl methyl sites for hydroxylation is 1. The number of hydrogen-bond donors (Lipinski definition) is 2. The van der Waals surface area contributed by atoms with Gasteiger partial charge in [0.25, 0.3) is 5.56 Å². The van der Waals surface area contributed by atoms with Crippen molar-refractivity contribution in [2.24, 2.45) is 0 Å². The molecule has 224 valence electrons. The first-order valence-corrected chi connectivity index (χ1v) is 15.2. The average molecular weight is 607 g/mol. The fraction of sp³-hybridized carbons (Fsp3) is 0.243. The SMILES string of the molecule is Cc1cc2c(ccc(=O)n2CCNC2c3ccccc3-c3ccccc32)c(-c2ccc(Cl)cc2)c1[C@H](OC(C)(C)C)C(=O)O. The molecule has 0 saturated carbocycles. The quantitative estimate of drug-likeness (QED) is 0.187. The number of halogens is 1. The van der Waals surface area contributed by atoms with E-state index >= 15 is 0 Å². The van der Waals surface area contributed by atoms with Gasteiger partial charge in [-0.05, 0) is 90.9 Å². The van der Waals surface area contributed by atoms with Gasteiger partial charge in [0, 0.05) is 35.1 Å². The van der Waals surface area contributed by atoms with Gasteiger partial charge >= 0.3 is 5.97 Å². The Labute approximate surface area is 261 Å². The number of nitrogens with one attached hydrogen (secondary N) is 1. The highest BCUT2D eigenvalue weighted by Gasteiger charge is 2.32. The highest BCUT2D eigenvalue weighted by molar-refractivity contribution is 6.30. The smallest absolute Gasteiger partial charge is 0.337 e. The lowest BCUT2D eigenvalue weighted by molar-refractivity contribution is -0.160. The van der Waals surface area contributed by atoms with Crippen LogP contribution in [0.3, 0.4) is 0 Å². The first-order valence-electron chi connectivity index (χ1n) is 14.8. The molecule has 0 unspecified atom stereocenters. The van der Waals surface area contributed by atoms with Gasteiger partial charge in [-0.3, -0.25) is 4.79 Å². The van der Waals surface area contributed by atoms with E-state index in [2.05, 4.69) is 53.8 Å². The zero-order valence-electron chi connectivity index (χ0n) is 25.2. The molecule has 0 aliphatic heterocycles. The summed E-state index contributed by atoms with van der Waals surface area (Å²) in [4.78, 5) is 26.0. The van der Waals surface area contributed by atoms with Gasteiger partial charge in [0.05, 0.1) is 17.2 Å². The van der Waals surface area contributed by atoms with Gasteiger partial charge in [-0.1, -0.05) is 72.3 Å². The zero-order chi connectivity index (χ0) is 31.2. The van der Waals surface area contributed by atoms with Crippen molar-refractivity contribution in [3.63, 3.8) is 0 Å². The Morgan fingerprint density at radius 3 is 2.16 bits per heavy atom. The second kappa shape index (κ2) is 11.7. The molecule has 44 heavy (non-hydrogen) atoms. The molecule has 0 spiro atoms. The molecule has 0 bridgehead atoms. The third kappa shape index (κ3) is 5.57. The van der Waals surface area contributed by atoms with Crippen LogP contribution in [0.5, 0.6) is 0 Å². The molecule has 6 nitrogen and oxygen atoms in total. The van der Waals surface area contributed by atoms with Gasteiger partial charge in [-0.25, -0.2) is 4.79 Å². The number of benzene rings is 4.